The molecule has 0 radical (unpaired) electrons. The maximum atomic E-state index is 14.3. The first kappa shape index (κ1) is 28.5. The summed E-state index contributed by atoms with van der Waals surface area (Å²) in [5, 5.41) is 2.81. The molecule has 2 amide bonds. The first-order valence-electron chi connectivity index (χ1n) is 13.2. The minimum atomic E-state index is -3.98. The third-order valence-corrected chi connectivity index (χ3v) is 8.31. The van der Waals surface area contributed by atoms with Crippen molar-refractivity contribution in [1.29, 1.82) is 0 Å². The molecule has 3 heterocycles. The van der Waals surface area contributed by atoms with Gasteiger partial charge in [0.1, 0.15) is 5.82 Å². The number of nitrogens with zero attached hydrogens (tertiary/aromatic N) is 4. The monoisotopic (exact) mass is 551 g/mol. The van der Waals surface area contributed by atoms with Gasteiger partial charge in [-0.25, -0.2) is 22.6 Å². The number of nitrogens with one attached hydrogen (secondary N) is 1. The number of hydrogen-bond acceptors (Lipinski definition) is 7. The van der Waals surface area contributed by atoms with Crippen LogP contribution in [0.1, 0.15) is 37.9 Å². The van der Waals surface area contributed by atoms with Gasteiger partial charge < -0.3 is 24.3 Å². The predicted molar refractivity (Wildman–Crippen MR) is 140 cm³/mol. The largest absolute Gasteiger partial charge is 0.379 e. The third-order valence-electron chi connectivity index (χ3n) is 6.74. The Bertz CT molecular complexity index is 1180. The Kier molecular flexibility index (Phi) is 9.74. The lowest BCUT2D eigenvalue weighted by Crippen LogP contribution is -2.47. The lowest BCUT2D eigenvalue weighted by molar-refractivity contribution is 0.0345. The minimum absolute atomic E-state index is 0.0538. The molecule has 1 unspecified atom stereocenters. The molecule has 1 aromatic carbocycles. The van der Waals surface area contributed by atoms with Gasteiger partial charge in [-0.05, 0) is 32.8 Å². The summed E-state index contributed by atoms with van der Waals surface area (Å²) < 4.78 is 54.1. The first-order valence-corrected chi connectivity index (χ1v) is 14.9. The molecular weight excluding hydrogens is 513 g/mol. The van der Waals surface area contributed by atoms with Gasteiger partial charge in [-0.3, -0.25) is 4.90 Å². The van der Waals surface area contributed by atoms with Crippen molar-refractivity contribution in [2.24, 2.45) is 0 Å². The normalized spacial score (nSPS) is 18.7. The summed E-state index contributed by atoms with van der Waals surface area (Å²) in [7, 11) is -3.98. The van der Waals surface area contributed by atoms with E-state index in [9.17, 15) is 17.6 Å². The number of aromatic nitrogens is 2. The van der Waals surface area contributed by atoms with Crippen molar-refractivity contribution in [3.05, 3.63) is 47.5 Å². The standard InChI is InChI=1S/C26H38FN5O5S/c1-20(2)29-25(33)31(10-9-30-11-14-36-15-12-30)17-22-16-28-26(32(22)18-23-7-5-13-37-23)38(34,35)19-21-6-3-4-8-24(21)27/h3-4,6,8,16,20,23H,5,7,9-15,17-19H2,1-2H3,(H,29,33). The van der Waals surface area contributed by atoms with Crippen LogP contribution in [0.4, 0.5) is 9.18 Å². The van der Waals surface area contributed by atoms with Gasteiger partial charge in [0.25, 0.3) is 0 Å². The van der Waals surface area contributed by atoms with E-state index in [2.05, 4.69) is 15.2 Å². The zero-order chi connectivity index (χ0) is 27.1. The highest BCUT2D eigenvalue weighted by molar-refractivity contribution is 7.90. The quantitative estimate of drug-likeness (QED) is 0.457. The number of morpholine rings is 1. The van der Waals surface area contributed by atoms with E-state index in [1.807, 2.05) is 13.8 Å². The number of urea groups is 1. The molecule has 1 N–H and O–H groups in total. The molecule has 0 bridgehead atoms. The molecule has 0 aliphatic carbocycles. The summed E-state index contributed by atoms with van der Waals surface area (Å²) >= 11 is 0. The highest BCUT2D eigenvalue weighted by Gasteiger charge is 2.29. The fourth-order valence-corrected chi connectivity index (χ4v) is 6.22. The van der Waals surface area contributed by atoms with E-state index in [1.54, 1.807) is 15.5 Å². The number of benzene rings is 1. The molecule has 38 heavy (non-hydrogen) atoms. The van der Waals surface area contributed by atoms with Gasteiger partial charge in [0.15, 0.2) is 0 Å². The second kappa shape index (κ2) is 13.0. The molecule has 210 valence electrons. The molecule has 2 fully saturated rings. The van der Waals surface area contributed by atoms with Crippen LogP contribution in [0.3, 0.4) is 0 Å². The molecule has 10 nitrogen and oxygen atoms in total. The lowest BCUT2D eigenvalue weighted by Gasteiger charge is -2.31. The lowest BCUT2D eigenvalue weighted by atomic mass is 10.2. The Morgan fingerprint density at radius 3 is 2.68 bits per heavy atom. The number of halogens is 1. The van der Waals surface area contributed by atoms with Crippen LogP contribution in [-0.2, 0) is 38.2 Å². The maximum absolute atomic E-state index is 14.3. The molecule has 1 atom stereocenters. The molecule has 2 saturated heterocycles. The zero-order valence-electron chi connectivity index (χ0n) is 22.1. The Morgan fingerprint density at radius 2 is 2.00 bits per heavy atom. The molecule has 4 rings (SSSR count). The smallest absolute Gasteiger partial charge is 0.317 e. The van der Waals surface area contributed by atoms with E-state index >= 15 is 0 Å². The van der Waals surface area contributed by atoms with Crippen molar-refractivity contribution >= 4 is 15.9 Å². The Morgan fingerprint density at radius 1 is 1.24 bits per heavy atom. The molecule has 1 aromatic heterocycles. The van der Waals surface area contributed by atoms with Crippen molar-refractivity contribution in [2.45, 2.75) is 62.8 Å². The third kappa shape index (κ3) is 7.52. The van der Waals surface area contributed by atoms with Crippen molar-refractivity contribution in [3.8, 4) is 0 Å². The second-order valence-electron chi connectivity index (χ2n) is 10.1. The summed E-state index contributed by atoms with van der Waals surface area (Å²) in [5.41, 5.74) is 0.678. The van der Waals surface area contributed by atoms with E-state index < -0.39 is 21.4 Å². The van der Waals surface area contributed by atoms with Gasteiger partial charge in [-0.1, -0.05) is 18.2 Å². The van der Waals surface area contributed by atoms with E-state index in [-0.39, 0.29) is 35.4 Å². The number of rotatable bonds is 11. The molecular formula is C26H38FN5O5S. The number of amides is 2. The zero-order valence-corrected chi connectivity index (χ0v) is 23.0. The number of hydrogen-bond donors (Lipinski definition) is 1. The van der Waals surface area contributed by atoms with Gasteiger partial charge in [-0.15, -0.1) is 0 Å². The summed E-state index contributed by atoms with van der Waals surface area (Å²) in [6, 6.07) is 5.56. The number of imidazole rings is 1. The molecule has 0 saturated carbocycles. The summed E-state index contributed by atoms with van der Waals surface area (Å²) in [6.07, 6.45) is 3.05. The molecule has 0 spiro atoms. The fraction of sp³-hybridized carbons (Fsp3) is 0.615. The minimum Gasteiger partial charge on any atom is -0.379 e. The molecule has 12 heteroatoms. The van der Waals surface area contributed by atoms with Crippen LogP contribution in [0.15, 0.2) is 35.6 Å². The number of carbonyl (C=O) groups is 1. The fourth-order valence-electron chi connectivity index (χ4n) is 4.71. The average molecular weight is 552 g/mol. The van der Waals surface area contributed by atoms with Crippen molar-refractivity contribution in [3.63, 3.8) is 0 Å². The van der Waals surface area contributed by atoms with Crippen LogP contribution in [-0.4, -0.2) is 91.9 Å². The summed E-state index contributed by atoms with van der Waals surface area (Å²) in [6.45, 7) is 8.94. The van der Waals surface area contributed by atoms with Crippen LogP contribution < -0.4 is 5.32 Å². The Hall–Kier alpha value is -2.54. The highest BCUT2D eigenvalue weighted by atomic mass is 32.2. The predicted octanol–water partition coefficient (Wildman–Crippen LogP) is 2.43. The van der Waals surface area contributed by atoms with Gasteiger partial charge in [0.2, 0.25) is 15.0 Å². The van der Waals surface area contributed by atoms with Crippen molar-refractivity contribution < 1.29 is 27.1 Å². The number of ether oxygens (including phenoxy) is 2. The van der Waals surface area contributed by atoms with Crippen LogP contribution in [0.5, 0.6) is 0 Å². The van der Waals surface area contributed by atoms with Crippen LogP contribution >= 0.6 is 0 Å². The van der Waals surface area contributed by atoms with E-state index in [0.717, 1.165) is 25.9 Å². The van der Waals surface area contributed by atoms with Gasteiger partial charge in [0.05, 0.1) is 50.1 Å². The number of sulfone groups is 1. The molecule has 2 aliphatic heterocycles. The summed E-state index contributed by atoms with van der Waals surface area (Å²) in [4.78, 5) is 21.3. The summed E-state index contributed by atoms with van der Waals surface area (Å²) in [5.74, 6) is -1.08. The maximum Gasteiger partial charge on any atom is 0.317 e. The van der Waals surface area contributed by atoms with Crippen molar-refractivity contribution in [1.82, 2.24) is 24.7 Å². The van der Waals surface area contributed by atoms with Gasteiger partial charge in [0, 0.05) is 44.4 Å². The second-order valence-corrected chi connectivity index (χ2v) is 12.0. The van der Waals surface area contributed by atoms with E-state index in [1.165, 1.54) is 24.4 Å². The Balaban J connectivity index is 1.60. The molecule has 2 aliphatic rings. The van der Waals surface area contributed by atoms with Crippen LogP contribution in [0.25, 0.3) is 0 Å². The van der Waals surface area contributed by atoms with Crippen LogP contribution in [0, 0.1) is 5.82 Å². The highest BCUT2D eigenvalue weighted by Crippen LogP contribution is 2.23. The topological polar surface area (TPSA) is 106 Å². The molecule has 2 aromatic rings. The van der Waals surface area contributed by atoms with E-state index in [4.69, 9.17) is 9.47 Å². The first-order chi connectivity index (χ1) is 18.2. The number of carbonyl (C=O) groups excluding carboxylic acids is 1. The average Bonchev–Trinajstić information content (AvgIpc) is 3.54. The van der Waals surface area contributed by atoms with Crippen LogP contribution in [0.2, 0.25) is 0 Å². The Labute approximate surface area is 224 Å². The van der Waals surface area contributed by atoms with Gasteiger partial charge in [-0.2, -0.15) is 0 Å². The van der Waals surface area contributed by atoms with Gasteiger partial charge >= 0.3 is 6.03 Å². The van der Waals surface area contributed by atoms with E-state index in [0.29, 0.717) is 45.1 Å². The van der Waals surface area contributed by atoms with Crippen molar-refractivity contribution in [2.75, 3.05) is 46.0 Å². The SMILES string of the molecule is CC(C)NC(=O)N(CCN1CCOCC1)Cc1cnc(S(=O)(=O)Cc2ccccc2F)n1CC1CCCO1.